The second-order valence-corrected chi connectivity index (χ2v) is 11.8. The molecule has 0 bridgehead atoms. The van der Waals surface area contributed by atoms with Crippen molar-refractivity contribution in [2.45, 2.75) is 78.3 Å². The average molecular weight is 274 g/mol. The number of aliphatic hydroxyl groups excluding tert-OH is 1. The van der Waals surface area contributed by atoms with E-state index in [1.54, 1.807) is 6.92 Å². The molecule has 0 aromatic carbocycles. The molecule has 0 saturated carbocycles. The fraction of sp³-hybridized carbons (Fsp3) is 0.929. The summed E-state index contributed by atoms with van der Waals surface area (Å²) in [4.78, 5) is 12.0. The SMILES string of the molecule is CC(C)[C@H](O)CC(=O)[C@H](C)O[Si](C)(C)C(C)(C)C. The zero-order valence-electron chi connectivity index (χ0n) is 13.2. The van der Waals surface area contributed by atoms with Crippen LogP contribution in [0.15, 0.2) is 0 Å². The molecule has 108 valence electrons. The van der Waals surface area contributed by atoms with E-state index in [1.807, 2.05) is 13.8 Å². The third kappa shape index (κ3) is 5.20. The van der Waals surface area contributed by atoms with Crippen LogP contribution >= 0.6 is 0 Å². The number of ketones is 1. The molecule has 0 amide bonds. The first kappa shape index (κ1) is 17.8. The third-order valence-corrected chi connectivity index (χ3v) is 8.47. The maximum absolute atomic E-state index is 12.0. The van der Waals surface area contributed by atoms with E-state index in [9.17, 15) is 9.90 Å². The van der Waals surface area contributed by atoms with Crippen LogP contribution in [0.25, 0.3) is 0 Å². The Kier molecular flexibility index (Phi) is 6.24. The van der Waals surface area contributed by atoms with E-state index in [2.05, 4.69) is 33.9 Å². The van der Waals surface area contributed by atoms with Gasteiger partial charge in [-0.1, -0.05) is 34.6 Å². The first-order valence-corrected chi connectivity index (χ1v) is 9.68. The topological polar surface area (TPSA) is 46.5 Å². The molecular weight excluding hydrogens is 244 g/mol. The molecular formula is C14H30O3Si. The average Bonchev–Trinajstić information content (AvgIpc) is 2.14. The second-order valence-electron chi connectivity index (χ2n) is 7.00. The Morgan fingerprint density at radius 2 is 1.67 bits per heavy atom. The van der Waals surface area contributed by atoms with E-state index >= 15 is 0 Å². The monoisotopic (exact) mass is 274 g/mol. The quantitative estimate of drug-likeness (QED) is 0.755. The molecule has 0 radical (unpaired) electrons. The largest absolute Gasteiger partial charge is 0.407 e. The maximum Gasteiger partial charge on any atom is 0.193 e. The second kappa shape index (κ2) is 6.31. The van der Waals surface area contributed by atoms with Crippen molar-refractivity contribution >= 4 is 14.1 Å². The summed E-state index contributed by atoms with van der Waals surface area (Å²) in [6.45, 7) is 16.4. The minimum Gasteiger partial charge on any atom is -0.407 e. The van der Waals surface area contributed by atoms with Crippen LogP contribution in [0.3, 0.4) is 0 Å². The van der Waals surface area contributed by atoms with Gasteiger partial charge in [0.05, 0.1) is 6.10 Å². The van der Waals surface area contributed by atoms with Gasteiger partial charge < -0.3 is 9.53 Å². The third-order valence-electron chi connectivity index (χ3n) is 3.91. The van der Waals surface area contributed by atoms with Crippen LogP contribution in [0, 0.1) is 5.92 Å². The highest BCUT2D eigenvalue weighted by molar-refractivity contribution is 6.74. The highest BCUT2D eigenvalue weighted by atomic mass is 28.4. The smallest absolute Gasteiger partial charge is 0.193 e. The molecule has 0 fully saturated rings. The van der Waals surface area contributed by atoms with Crippen LogP contribution in [0.5, 0.6) is 0 Å². The minimum absolute atomic E-state index is 0.000949. The van der Waals surface area contributed by atoms with Crippen LogP contribution < -0.4 is 0 Å². The lowest BCUT2D eigenvalue weighted by Gasteiger charge is -2.38. The molecule has 3 nitrogen and oxygen atoms in total. The number of hydrogen-bond donors (Lipinski definition) is 1. The summed E-state index contributed by atoms with van der Waals surface area (Å²) in [6.07, 6.45) is -0.796. The number of Topliss-reactive ketones (excluding diaryl/α,β-unsaturated/α-hetero) is 1. The van der Waals surface area contributed by atoms with Crippen molar-refractivity contribution < 1.29 is 14.3 Å². The Balaban J connectivity index is 4.50. The van der Waals surface area contributed by atoms with Crippen molar-refractivity contribution in [1.82, 2.24) is 0 Å². The van der Waals surface area contributed by atoms with Crippen molar-refractivity contribution in [2.24, 2.45) is 5.92 Å². The molecule has 4 heteroatoms. The van der Waals surface area contributed by atoms with Crippen LogP contribution in [0.1, 0.15) is 48.0 Å². The fourth-order valence-electron chi connectivity index (χ4n) is 1.29. The van der Waals surface area contributed by atoms with Gasteiger partial charge in [0.25, 0.3) is 0 Å². The van der Waals surface area contributed by atoms with E-state index < -0.39 is 20.5 Å². The van der Waals surface area contributed by atoms with Crippen LogP contribution in [0.4, 0.5) is 0 Å². The predicted octanol–water partition coefficient (Wildman–Crippen LogP) is 3.37. The molecule has 0 rings (SSSR count). The Morgan fingerprint density at radius 1 is 1.22 bits per heavy atom. The first-order chi connectivity index (χ1) is 7.88. The molecule has 1 N–H and O–H groups in total. The van der Waals surface area contributed by atoms with Gasteiger partial charge in [0.2, 0.25) is 0 Å². The van der Waals surface area contributed by atoms with Gasteiger partial charge in [-0.05, 0) is 31.0 Å². The summed E-state index contributed by atoms with van der Waals surface area (Å²) in [7, 11) is -1.91. The van der Waals surface area contributed by atoms with Crippen molar-refractivity contribution in [1.29, 1.82) is 0 Å². The lowest BCUT2D eigenvalue weighted by atomic mass is 10.0. The van der Waals surface area contributed by atoms with Gasteiger partial charge in [-0.25, -0.2) is 0 Å². The van der Waals surface area contributed by atoms with Crippen LogP contribution in [0.2, 0.25) is 18.1 Å². The summed E-state index contributed by atoms with van der Waals surface area (Å²) < 4.78 is 6.02. The standard InChI is InChI=1S/C14H30O3Si/c1-10(2)12(15)9-13(16)11(3)17-18(7,8)14(4,5)6/h10-12,15H,9H2,1-8H3/t11-,12+/m0/s1. The minimum atomic E-state index is -1.91. The van der Waals surface area contributed by atoms with E-state index in [0.717, 1.165) is 0 Å². The van der Waals surface area contributed by atoms with Crippen molar-refractivity contribution in [2.75, 3.05) is 0 Å². The molecule has 0 aliphatic carbocycles. The Labute approximate surface area is 113 Å². The molecule has 0 heterocycles. The van der Waals surface area contributed by atoms with Gasteiger partial charge in [-0.3, -0.25) is 4.79 Å². The predicted molar refractivity (Wildman–Crippen MR) is 78.2 cm³/mol. The molecule has 18 heavy (non-hydrogen) atoms. The Hall–Kier alpha value is -0.193. The normalized spacial score (nSPS) is 16.8. The van der Waals surface area contributed by atoms with Gasteiger partial charge >= 0.3 is 0 Å². The van der Waals surface area contributed by atoms with Gasteiger partial charge in [0.1, 0.15) is 6.10 Å². The summed E-state index contributed by atoms with van der Waals surface area (Å²) >= 11 is 0. The van der Waals surface area contributed by atoms with E-state index in [0.29, 0.717) is 0 Å². The summed E-state index contributed by atoms with van der Waals surface area (Å²) in [5.41, 5.74) is 0. The summed E-state index contributed by atoms with van der Waals surface area (Å²) in [5.74, 6) is 0.107. The molecule has 0 saturated heterocycles. The molecule has 0 aromatic heterocycles. The van der Waals surface area contributed by atoms with E-state index in [4.69, 9.17) is 4.43 Å². The van der Waals surface area contributed by atoms with E-state index in [1.165, 1.54) is 0 Å². The maximum atomic E-state index is 12.0. The molecule has 0 aromatic rings. The summed E-state index contributed by atoms with van der Waals surface area (Å²) in [6, 6.07) is 0. The first-order valence-electron chi connectivity index (χ1n) is 6.77. The number of carbonyl (C=O) groups excluding carboxylic acids is 1. The van der Waals surface area contributed by atoms with Gasteiger partial charge in [-0.2, -0.15) is 0 Å². The van der Waals surface area contributed by atoms with Crippen LogP contribution in [-0.4, -0.2) is 31.4 Å². The number of carbonyl (C=O) groups is 1. The highest BCUT2D eigenvalue weighted by Gasteiger charge is 2.39. The fourth-order valence-corrected chi connectivity index (χ4v) is 2.66. The van der Waals surface area contributed by atoms with Gasteiger partial charge in [0, 0.05) is 6.42 Å². The van der Waals surface area contributed by atoms with E-state index in [-0.39, 0.29) is 23.2 Å². The zero-order chi connectivity index (χ0) is 14.7. The van der Waals surface area contributed by atoms with Crippen molar-refractivity contribution in [3.05, 3.63) is 0 Å². The number of aliphatic hydroxyl groups is 1. The summed E-state index contributed by atoms with van der Waals surface area (Å²) in [5, 5.41) is 9.83. The molecule has 0 aliphatic heterocycles. The number of hydrogen-bond acceptors (Lipinski definition) is 3. The lowest BCUT2D eigenvalue weighted by Crippen LogP contribution is -2.45. The lowest BCUT2D eigenvalue weighted by molar-refractivity contribution is -0.128. The van der Waals surface area contributed by atoms with Crippen molar-refractivity contribution in [3.8, 4) is 0 Å². The zero-order valence-corrected chi connectivity index (χ0v) is 14.2. The highest BCUT2D eigenvalue weighted by Crippen LogP contribution is 2.37. The van der Waals surface area contributed by atoms with Gasteiger partial charge in [-0.15, -0.1) is 0 Å². The van der Waals surface area contributed by atoms with Crippen LogP contribution in [-0.2, 0) is 9.22 Å². The Bertz CT molecular complexity index is 279. The molecule has 0 unspecified atom stereocenters. The molecule has 0 aliphatic rings. The Morgan fingerprint density at radius 3 is 2.00 bits per heavy atom. The van der Waals surface area contributed by atoms with Gasteiger partial charge in [0.15, 0.2) is 14.1 Å². The molecule has 0 spiro atoms. The van der Waals surface area contributed by atoms with Crippen molar-refractivity contribution in [3.63, 3.8) is 0 Å². The number of rotatable bonds is 6. The molecule has 2 atom stereocenters.